The molecule has 0 aromatic heterocycles. The quantitative estimate of drug-likeness (QED) is 0.660. The number of nitrogens with zero attached hydrogens (tertiary/aromatic N) is 2. The van der Waals surface area contributed by atoms with E-state index in [4.69, 9.17) is 9.47 Å². The van der Waals surface area contributed by atoms with Crippen molar-refractivity contribution in [2.45, 2.75) is 13.0 Å². The summed E-state index contributed by atoms with van der Waals surface area (Å²) in [6, 6.07) is 16.2. The first-order valence-corrected chi connectivity index (χ1v) is 9.64. The van der Waals surface area contributed by atoms with E-state index in [9.17, 15) is 4.79 Å². The summed E-state index contributed by atoms with van der Waals surface area (Å²) in [4.78, 5) is 16.8. The number of carbonyl (C=O) groups excluding carboxylic acids is 1. The molecule has 0 spiro atoms. The van der Waals surface area contributed by atoms with Gasteiger partial charge in [-0.05, 0) is 29.7 Å². The number of rotatable bonds is 8. The molecule has 5 heteroatoms. The Morgan fingerprint density at radius 1 is 1.04 bits per heavy atom. The largest absolute Gasteiger partial charge is 0.493 e. The molecular formula is C23H28N2O3. The highest BCUT2D eigenvalue weighted by molar-refractivity contribution is 5.78. The van der Waals surface area contributed by atoms with Crippen LogP contribution in [-0.2, 0) is 17.8 Å². The molecule has 0 atom stereocenters. The third-order valence-electron chi connectivity index (χ3n) is 4.93. The molecule has 3 rings (SSSR count). The average molecular weight is 380 g/mol. The van der Waals surface area contributed by atoms with Crippen LogP contribution in [0.1, 0.15) is 11.1 Å². The van der Waals surface area contributed by atoms with Crippen molar-refractivity contribution in [3.63, 3.8) is 0 Å². The number of ether oxygens (including phenoxy) is 2. The van der Waals surface area contributed by atoms with Gasteiger partial charge in [-0.25, -0.2) is 0 Å². The number of methoxy groups -OCH3 is 1. The first-order valence-electron chi connectivity index (χ1n) is 9.64. The van der Waals surface area contributed by atoms with Crippen LogP contribution in [0.3, 0.4) is 0 Å². The van der Waals surface area contributed by atoms with Crippen LogP contribution in [0.5, 0.6) is 11.5 Å². The number of piperazine rings is 1. The molecule has 2 aromatic rings. The van der Waals surface area contributed by atoms with E-state index in [0.29, 0.717) is 11.5 Å². The van der Waals surface area contributed by atoms with Crippen molar-refractivity contribution >= 4 is 5.91 Å². The minimum Gasteiger partial charge on any atom is -0.493 e. The molecule has 1 fully saturated rings. The second-order valence-corrected chi connectivity index (χ2v) is 6.91. The van der Waals surface area contributed by atoms with Crippen molar-refractivity contribution in [1.29, 1.82) is 0 Å². The fraction of sp³-hybridized carbons (Fsp3) is 0.348. The SMILES string of the molecule is C=CCc1ccc(OCC(=O)N2CCN(Cc3ccccc3)CC2)c(OC)c1. The Morgan fingerprint density at radius 2 is 1.79 bits per heavy atom. The van der Waals surface area contributed by atoms with Gasteiger partial charge in [0.15, 0.2) is 18.1 Å². The minimum absolute atomic E-state index is 0.0107. The molecule has 1 aliphatic rings. The maximum Gasteiger partial charge on any atom is 0.260 e. The highest BCUT2D eigenvalue weighted by Gasteiger charge is 2.21. The summed E-state index contributed by atoms with van der Waals surface area (Å²) >= 11 is 0. The average Bonchev–Trinajstić information content (AvgIpc) is 2.74. The van der Waals surface area contributed by atoms with Crippen LogP contribution < -0.4 is 9.47 Å². The third kappa shape index (κ3) is 5.36. The van der Waals surface area contributed by atoms with E-state index in [-0.39, 0.29) is 12.5 Å². The Hall–Kier alpha value is -2.79. The van der Waals surface area contributed by atoms with E-state index in [1.54, 1.807) is 7.11 Å². The molecule has 0 bridgehead atoms. The number of benzene rings is 2. The molecule has 0 saturated carbocycles. The van der Waals surface area contributed by atoms with Gasteiger partial charge in [0, 0.05) is 32.7 Å². The van der Waals surface area contributed by atoms with Crippen LogP contribution in [-0.4, -0.2) is 55.6 Å². The normalized spacial score (nSPS) is 14.5. The lowest BCUT2D eigenvalue weighted by Gasteiger charge is -2.34. The number of carbonyl (C=O) groups is 1. The molecule has 0 aliphatic carbocycles. The van der Waals surface area contributed by atoms with E-state index in [1.165, 1.54) is 5.56 Å². The predicted molar refractivity (Wildman–Crippen MR) is 111 cm³/mol. The van der Waals surface area contributed by atoms with Gasteiger partial charge in [0.25, 0.3) is 5.91 Å². The van der Waals surface area contributed by atoms with E-state index in [0.717, 1.165) is 44.7 Å². The summed E-state index contributed by atoms with van der Waals surface area (Å²) in [5.74, 6) is 1.24. The fourth-order valence-electron chi connectivity index (χ4n) is 3.35. The highest BCUT2D eigenvalue weighted by Crippen LogP contribution is 2.28. The van der Waals surface area contributed by atoms with Gasteiger partial charge in [-0.3, -0.25) is 9.69 Å². The van der Waals surface area contributed by atoms with Gasteiger partial charge >= 0.3 is 0 Å². The van der Waals surface area contributed by atoms with Crippen molar-refractivity contribution in [2.75, 3.05) is 39.9 Å². The second kappa shape index (κ2) is 9.95. The van der Waals surface area contributed by atoms with Gasteiger partial charge in [0.1, 0.15) is 0 Å². The van der Waals surface area contributed by atoms with Gasteiger partial charge in [0.05, 0.1) is 7.11 Å². The molecule has 2 aromatic carbocycles. The van der Waals surface area contributed by atoms with Gasteiger partial charge in [-0.15, -0.1) is 6.58 Å². The van der Waals surface area contributed by atoms with Crippen molar-refractivity contribution in [1.82, 2.24) is 9.80 Å². The summed E-state index contributed by atoms with van der Waals surface area (Å²) in [6.07, 6.45) is 2.61. The summed E-state index contributed by atoms with van der Waals surface area (Å²) in [7, 11) is 1.60. The zero-order valence-corrected chi connectivity index (χ0v) is 16.5. The van der Waals surface area contributed by atoms with Gasteiger partial charge in [-0.1, -0.05) is 42.5 Å². The van der Waals surface area contributed by atoms with E-state index in [2.05, 4.69) is 35.7 Å². The Morgan fingerprint density at radius 3 is 2.46 bits per heavy atom. The van der Waals surface area contributed by atoms with Crippen LogP contribution in [0, 0.1) is 0 Å². The molecule has 1 heterocycles. The molecule has 1 aliphatic heterocycles. The monoisotopic (exact) mass is 380 g/mol. The lowest BCUT2D eigenvalue weighted by Crippen LogP contribution is -2.49. The minimum atomic E-state index is 0.0107. The second-order valence-electron chi connectivity index (χ2n) is 6.91. The van der Waals surface area contributed by atoms with E-state index >= 15 is 0 Å². The topological polar surface area (TPSA) is 42.0 Å². The van der Waals surface area contributed by atoms with Crippen LogP contribution >= 0.6 is 0 Å². The zero-order valence-electron chi connectivity index (χ0n) is 16.5. The molecule has 5 nitrogen and oxygen atoms in total. The molecule has 1 amide bonds. The predicted octanol–water partition coefficient (Wildman–Crippen LogP) is 3.15. The molecular weight excluding hydrogens is 352 g/mol. The van der Waals surface area contributed by atoms with Crippen molar-refractivity contribution in [3.05, 3.63) is 72.3 Å². The van der Waals surface area contributed by atoms with Crippen molar-refractivity contribution in [2.24, 2.45) is 0 Å². The molecule has 0 N–H and O–H groups in total. The summed E-state index contributed by atoms with van der Waals surface area (Å²) in [5, 5.41) is 0. The lowest BCUT2D eigenvalue weighted by molar-refractivity contribution is -0.135. The standard InChI is InChI=1S/C23H28N2O3/c1-3-7-19-10-11-21(22(16-19)27-2)28-18-23(26)25-14-12-24(13-15-25)17-20-8-5-4-6-9-20/h3-6,8-11,16H,1,7,12-15,17-18H2,2H3. The third-order valence-corrected chi connectivity index (χ3v) is 4.93. The Balaban J connectivity index is 1.47. The number of hydrogen-bond donors (Lipinski definition) is 0. The van der Waals surface area contributed by atoms with Gasteiger partial charge in [0.2, 0.25) is 0 Å². The van der Waals surface area contributed by atoms with E-state index < -0.39 is 0 Å². The van der Waals surface area contributed by atoms with E-state index in [1.807, 2.05) is 35.2 Å². The Bertz CT molecular complexity index is 784. The summed E-state index contributed by atoms with van der Waals surface area (Å²) in [6.45, 7) is 7.90. The fourth-order valence-corrected chi connectivity index (χ4v) is 3.35. The zero-order chi connectivity index (χ0) is 19.8. The number of allylic oxidation sites excluding steroid dienone is 1. The first-order chi connectivity index (χ1) is 13.7. The maximum absolute atomic E-state index is 12.5. The Labute approximate surface area is 167 Å². The van der Waals surface area contributed by atoms with Gasteiger partial charge < -0.3 is 14.4 Å². The molecule has 0 radical (unpaired) electrons. The maximum atomic E-state index is 12.5. The van der Waals surface area contributed by atoms with Gasteiger partial charge in [-0.2, -0.15) is 0 Å². The van der Waals surface area contributed by atoms with Crippen molar-refractivity contribution in [3.8, 4) is 11.5 Å². The summed E-state index contributed by atoms with van der Waals surface area (Å²) < 4.78 is 11.1. The number of hydrogen-bond acceptors (Lipinski definition) is 4. The summed E-state index contributed by atoms with van der Waals surface area (Å²) in [5.41, 5.74) is 2.40. The van der Waals surface area contributed by atoms with Crippen LogP contribution in [0.15, 0.2) is 61.2 Å². The number of amides is 1. The van der Waals surface area contributed by atoms with Crippen LogP contribution in [0.2, 0.25) is 0 Å². The molecule has 1 saturated heterocycles. The molecule has 28 heavy (non-hydrogen) atoms. The first kappa shape index (κ1) is 20.0. The Kier molecular flexibility index (Phi) is 7.09. The van der Waals surface area contributed by atoms with Crippen LogP contribution in [0.25, 0.3) is 0 Å². The van der Waals surface area contributed by atoms with Crippen molar-refractivity contribution < 1.29 is 14.3 Å². The smallest absolute Gasteiger partial charge is 0.260 e. The molecule has 148 valence electrons. The lowest BCUT2D eigenvalue weighted by atomic mass is 10.1. The molecule has 0 unspecified atom stereocenters. The highest BCUT2D eigenvalue weighted by atomic mass is 16.5. The van der Waals surface area contributed by atoms with Crippen LogP contribution in [0.4, 0.5) is 0 Å².